The highest BCUT2D eigenvalue weighted by Gasteiger charge is 2.26. The van der Waals surface area contributed by atoms with Gasteiger partial charge >= 0.3 is 0 Å². The van der Waals surface area contributed by atoms with Gasteiger partial charge in [-0.3, -0.25) is 14.5 Å². The Balaban J connectivity index is 1.35. The average Bonchev–Trinajstić information content (AvgIpc) is 3.36. The Labute approximate surface area is 195 Å². The molecule has 11 heteroatoms. The third-order valence-corrected chi connectivity index (χ3v) is 6.23. The largest absolute Gasteiger partial charge is 0.493 e. The molecule has 1 unspecified atom stereocenters. The first kappa shape index (κ1) is 24.5. The van der Waals surface area contributed by atoms with Crippen LogP contribution in [0.25, 0.3) is 0 Å². The second kappa shape index (κ2) is 11.6. The zero-order chi connectivity index (χ0) is 23.8. The van der Waals surface area contributed by atoms with Crippen molar-refractivity contribution in [2.24, 2.45) is 10.9 Å². The number of ether oxygens (including phenoxy) is 1. The summed E-state index contributed by atoms with van der Waals surface area (Å²) in [4.78, 5) is 29.4. The van der Waals surface area contributed by atoms with Crippen molar-refractivity contribution in [2.45, 2.75) is 19.4 Å². The summed E-state index contributed by atoms with van der Waals surface area (Å²) >= 11 is 1.34. The molecule has 0 aliphatic carbocycles. The molecular weight excluding hydrogens is 449 g/mol. The topological polar surface area (TPSA) is 120 Å². The van der Waals surface area contributed by atoms with Crippen molar-refractivity contribution in [1.29, 1.82) is 0 Å². The van der Waals surface area contributed by atoms with Crippen LogP contribution in [0.4, 0.5) is 4.39 Å². The van der Waals surface area contributed by atoms with Crippen molar-refractivity contribution in [1.82, 2.24) is 15.1 Å². The molecule has 1 aromatic carbocycles. The number of carbonyl (C=O) groups excluding carboxylic acids is 2. The van der Waals surface area contributed by atoms with Gasteiger partial charge in [-0.05, 0) is 36.9 Å². The summed E-state index contributed by atoms with van der Waals surface area (Å²) < 4.78 is 19.6. The normalized spacial score (nSPS) is 15.8. The number of hydrogen-bond donors (Lipinski definition) is 3. The lowest BCUT2D eigenvalue weighted by molar-refractivity contribution is -0.134. The number of thiophene rings is 1. The Kier molecular flexibility index (Phi) is 8.61. The Morgan fingerprint density at radius 1 is 1.30 bits per heavy atom. The number of nitrogens with one attached hydrogen (secondary N) is 1. The lowest BCUT2D eigenvalue weighted by Gasteiger charge is -2.36. The van der Waals surface area contributed by atoms with Crippen LogP contribution >= 0.6 is 11.3 Å². The molecule has 2 heterocycles. The molecule has 1 aromatic heterocycles. The van der Waals surface area contributed by atoms with Crippen LogP contribution in [0.5, 0.6) is 5.75 Å². The molecule has 178 valence electrons. The number of rotatable bonds is 9. The fourth-order valence-corrected chi connectivity index (χ4v) is 4.16. The highest BCUT2D eigenvalue weighted by molar-refractivity contribution is 7.12. The van der Waals surface area contributed by atoms with Crippen LogP contribution in [0.3, 0.4) is 0 Å². The molecule has 4 N–H and O–H groups in total. The van der Waals surface area contributed by atoms with Gasteiger partial charge in [0.1, 0.15) is 17.6 Å². The molecule has 0 spiro atoms. The van der Waals surface area contributed by atoms with Gasteiger partial charge in [-0.15, -0.1) is 11.3 Å². The van der Waals surface area contributed by atoms with Gasteiger partial charge in [-0.2, -0.15) is 0 Å². The Morgan fingerprint density at radius 2 is 2.06 bits per heavy atom. The van der Waals surface area contributed by atoms with Crippen molar-refractivity contribution in [3.63, 3.8) is 0 Å². The number of hydrogen-bond acceptors (Lipinski definition) is 7. The van der Waals surface area contributed by atoms with Crippen molar-refractivity contribution in [2.75, 3.05) is 39.3 Å². The average molecular weight is 478 g/mol. The number of benzene rings is 1. The van der Waals surface area contributed by atoms with Crippen LogP contribution in [-0.4, -0.2) is 78.0 Å². The molecule has 1 fully saturated rings. The Morgan fingerprint density at radius 3 is 2.70 bits per heavy atom. The van der Waals surface area contributed by atoms with E-state index >= 15 is 0 Å². The van der Waals surface area contributed by atoms with Crippen LogP contribution in [0, 0.1) is 5.82 Å². The van der Waals surface area contributed by atoms with Gasteiger partial charge in [-0.1, -0.05) is 11.2 Å². The number of amides is 2. The minimum absolute atomic E-state index is 0.0117. The summed E-state index contributed by atoms with van der Waals surface area (Å²) in [5, 5.41) is 16.0. The second-order valence-corrected chi connectivity index (χ2v) is 8.62. The van der Waals surface area contributed by atoms with Crippen molar-refractivity contribution < 1.29 is 23.9 Å². The summed E-state index contributed by atoms with van der Waals surface area (Å²) in [5.41, 5.74) is 5.42. The number of piperazine rings is 1. The monoisotopic (exact) mass is 477 g/mol. The van der Waals surface area contributed by atoms with Gasteiger partial charge < -0.3 is 25.9 Å². The van der Waals surface area contributed by atoms with Gasteiger partial charge in [0.15, 0.2) is 5.84 Å². The quantitative estimate of drug-likeness (QED) is 0.166. The summed E-state index contributed by atoms with van der Waals surface area (Å²) in [5.74, 6) is -0.861. The first-order valence-electron chi connectivity index (χ1n) is 10.6. The van der Waals surface area contributed by atoms with Crippen molar-refractivity contribution in [3.05, 3.63) is 52.0 Å². The van der Waals surface area contributed by atoms with E-state index in [9.17, 15) is 14.0 Å². The molecule has 0 saturated carbocycles. The van der Waals surface area contributed by atoms with Crippen LogP contribution in [0.1, 0.15) is 28.6 Å². The first-order chi connectivity index (χ1) is 15.9. The van der Waals surface area contributed by atoms with Gasteiger partial charge in [0.05, 0.1) is 17.0 Å². The first-order valence-corrected chi connectivity index (χ1v) is 11.5. The Bertz CT molecular complexity index is 977. The molecule has 1 aliphatic rings. The highest BCUT2D eigenvalue weighted by atomic mass is 32.1. The number of nitrogens with two attached hydrogens (primary N) is 1. The van der Waals surface area contributed by atoms with Crippen LogP contribution in [0.2, 0.25) is 0 Å². The van der Waals surface area contributed by atoms with Gasteiger partial charge in [0.2, 0.25) is 5.91 Å². The van der Waals surface area contributed by atoms with Crippen molar-refractivity contribution >= 4 is 29.0 Å². The molecule has 33 heavy (non-hydrogen) atoms. The molecule has 2 amide bonds. The third kappa shape index (κ3) is 6.65. The summed E-state index contributed by atoms with van der Waals surface area (Å²) in [6, 6.07) is 7.13. The van der Waals surface area contributed by atoms with Gasteiger partial charge in [0, 0.05) is 38.8 Å². The molecule has 1 atom stereocenters. The predicted octanol–water partition coefficient (Wildman–Crippen LogP) is 1.71. The zero-order valence-corrected chi connectivity index (χ0v) is 19.2. The van der Waals surface area contributed by atoms with Crippen LogP contribution in [-0.2, 0) is 4.79 Å². The summed E-state index contributed by atoms with van der Waals surface area (Å²) in [7, 11) is 0. The molecule has 0 bridgehead atoms. The molecule has 1 saturated heterocycles. The number of nitrogens with zero attached hydrogens (tertiary/aromatic N) is 3. The SMILES string of the molecule is CC(NC(=O)c1cccs1)C(=O)N1CCN(CCCOc2ccc(C(N)=NO)c(F)c2)CC1. The van der Waals surface area contributed by atoms with E-state index in [1.165, 1.54) is 23.5 Å². The molecule has 9 nitrogen and oxygen atoms in total. The molecule has 3 rings (SSSR count). The number of carbonyl (C=O) groups is 2. The van der Waals surface area contributed by atoms with E-state index in [1.807, 2.05) is 5.38 Å². The minimum atomic E-state index is -0.621. The maximum absolute atomic E-state index is 14.0. The summed E-state index contributed by atoms with van der Waals surface area (Å²) in [6.45, 7) is 5.57. The maximum atomic E-state index is 14.0. The standard InChI is InChI=1S/C22H28FN5O4S/c1-15(25-21(29)19-4-2-13-33-19)22(30)28-10-8-27(9-11-28)7-3-12-32-16-5-6-17(18(23)14-16)20(24)26-31/h2,4-6,13-15,31H,3,7-12H2,1H3,(H2,24,26)(H,25,29). The second-order valence-electron chi connectivity index (χ2n) is 7.67. The smallest absolute Gasteiger partial charge is 0.261 e. The zero-order valence-electron chi connectivity index (χ0n) is 18.4. The lowest BCUT2D eigenvalue weighted by atomic mass is 10.2. The minimum Gasteiger partial charge on any atom is -0.493 e. The van der Waals surface area contributed by atoms with E-state index in [-0.39, 0.29) is 23.2 Å². The van der Waals surface area contributed by atoms with E-state index in [0.29, 0.717) is 30.3 Å². The van der Waals surface area contributed by atoms with E-state index in [2.05, 4.69) is 15.4 Å². The van der Waals surface area contributed by atoms with Crippen LogP contribution in [0.15, 0.2) is 40.9 Å². The maximum Gasteiger partial charge on any atom is 0.261 e. The highest BCUT2D eigenvalue weighted by Crippen LogP contribution is 2.17. The summed E-state index contributed by atoms with van der Waals surface area (Å²) in [6.07, 6.45) is 0.741. The molecule has 2 aromatic rings. The number of oxime groups is 1. The molecule has 1 aliphatic heterocycles. The fourth-order valence-electron chi connectivity index (χ4n) is 3.53. The number of amidine groups is 1. The molecular formula is C22H28FN5O4S. The van der Waals surface area contributed by atoms with E-state index in [1.54, 1.807) is 30.0 Å². The number of halogens is 1. The Hall–Kier alpha value is -3.18. The fraction of sp³-hybridized carbons (Fsp3) is 0.409. The van der Waals surface area contributed by atoms with E-state index < -0.39 is 11.9 Å². The molecule has 0 radical (unpaired) electrons. The van der Waals surface area contributed by atoms with Crippen LogP contribution < -0.4 is 15.8 Å². The third-order valence-electron chi connectivity index (χ3n) is 5.36. The lowest BCUT2D eigenvalue weighted by Crippen LogP contribution is -2.54. The van der Waals surface area contributed by atoms with E-state index in [4.69, 9.17) is 15.7 Å². The van der Waals surface area contributed by atoms with E-state index in [0.717, 1.165) is 26.1 Å². The predicted molar refractivity (Wildman–Crippen MR) is 123 cm³/mol. The van der Waals surface area contributed by atoms with Gasteiger partial charge in [-0.25, -0.2) is 4.39 Å². The van der Waals surface area contributed by atoms with Crippen molar-refractivity contribution in [3.8, 4) is 5.75 Å². The van der Waals surface area contributed by atoms with Gasteiger partial charge in [0.25, 0.3) is 5.91 Å².